The number of fused-ring (bicyclic) bond motifs is 14. The summed E-state index contributed by atoms with van der Waals surface area (Å²) in [5, 5.41) is 18.2. The summed E-state index contributed by atoms with van der Waals surface area (Å²) in [4.78, 5) is 4.76. The smallest absolute Gasteiger partial charge is 0.143 e. The van der Waals surface area contributed by atoms with E-state index in [4.69, 9.17) is 8.83 Å². The van der Waals surface area contributed by atoms with Crippen LogP contribution in [0.4, 0.5) is 34.1 Å². The molecule has 15 rings (SSSR count). The molecule has 0 amide bonds. The molecule has 326 valence electrons. The van der Waals surface area contributed by atoms with Crippen LogP contribution in [0.2, 0.25) is 0 Å². The van der Waals surface area contributed by atoms with Crippen molar-refractivity contribution in [2.75, 3.05) is 9.80 Å². The highest BCUT2D eigenvalue weighted by molar-refractivity contribution is 6.22. The van der Waals surface area contributed by atoms with Crippen LogP contribution >= 0.6 is 0 Å². The number of hydrogen-bond donors (Lipinski definition) is 0. The minimum atomic E-state index is 0.840. The van der Waals surface area contributed by atoms with Gasteiger partial charge in [-0.1, -0.05) is 146 Å². The topological polar surface area (TPSA) is 32.8 Å². The van der Waals surface area contributed by atoms with Gasteiger partial charge in [-0.15, -0.1) is 0 Å². The molecule has 0 aliphatic rings. The van der Waals surface area contributed by atoms with Crippen molar-refractivity contribution in [3.8, 4) is 0 Å². The molecule has 70 heavy (non-hydrogen) atoms. The minimum absolute atomic E-state index is 0.840. The van der Waals surface area contributed by atoms with E-state index in [1.165, 1.54) is 43.1 Å². The van der Waals surface area contributed by atoms with E-state index in [0.29, 0.717) is 0 Å². The van der Waals surface area contributed by atoms with Crippen molar-refractivity contribution in [2.45, 2.75) is 0 Å². The maximum Gasteiger partial charge on any atom is 0.143 e. The summed E-state index contributed by atoms with van der Waals surface area (Å²) in [7, 11) is 0. The summed E-state index contributed by atoms with van der Waals surface area (Å²) in [5.41, 5.74) is 10.0. The fourth-order valence-electron chi connectivity index (χ4n) is 11.2. The van der Waals surface area contributed by atoms with E-state index < -0.39 is 0 Å². The fraction of sp³-hybridized carbons (Fsp3) is 0. The largest absolute Gasteiger partial charge is 0.455 e. The number of furan rings is 2. The Kier molecular flexibility index (Phi) is 8.33. The minimum Gasteiger partial charge on any atom is -0.455 e. The van der Waals surface area contributed by atoms with Crippen LogP contribution < -0.4 is 9.80 Å². The lowest BCUT2D eigenvalue weighted by atomic mass is 10.0. The molecule has 0 bridgehead atoms. The van der Waals surface area contributed by atoms with Crippen molar-refractivity contribution in [2.24, 2.45) is 0 Å². The van der Waals surface area contributed by atoms with Crippen LogP contribution in [0.15, 0.2) is 251 Å². The second kappa shape index (κ2) is 15.1. The monoisotopic (exact) mass is 892 g/mol. The third-order valence-corrected chi connectivity index (χ3v) is 14.5. The second-order valence-electron chi connectivity index (χ2n) is 18.5. The van der Waals surface area contributed by atoms with Crippen molar-refractivity contribution < 1.29 is 8.83 Å². The van der Waals surface area contributed by atoms with Gasteiger partial charge in [-0.2, -0.15) is 0 Å². The average molecular weight is 893 g/mol. The predicted molar refractivity (Wildman–Crippen MR) is 295 cm³/mol. The van der Waals surface area contributed by atoms with E-state index in [0.717, 1.165) is 99.5 Å². The SMILES string of the molecule is c1ccc2cc(N(c3ccc4c(ccc5c6cc7oc8c9ccc(N(c%10ccc%11ccccc%11c%10)c%10cccc%11ccccc%10%11)cc9ccc8c7cc6oc45)c3)c3cccc4ccccc34)ccc2c1. The number of rotatable bonds is 6. The van der Waals surface area contributed by atoms with E-state index >= 15 is 0 Å². The maximum absolute atomic E-state index is 6.88. The molecule has 0 spiro atoms. The van der Waals surface area contributed by atoms with Gasteiger partial charge in [0, 0.05) is 65.8 Å². The first-order chi connectivity index (χ1) is 34.7. The molecule has 0 radical (unpaired) electrons. The van der Waals surface area contributed by atoms with Gasteiger partial charge >= 0.3 is 0 Å². The van der Waals surface area contributed by atoms with Crippen LogP contribution in [0.5, 0.6) is 0 Å². The van der Waals surface area contributed by atoms with Crippen molar-refractivity contribution in [1.29, 1.82) is 0 Å². The van der Waals surface area contributed by atoms with Gasteiger partial charge in [-0.3, -0.25) is 0 Å². The van der Waals surface area contributed by atoms with E-state index in [-0.39, 0.29) is 0 Å². The number of anilines is 6. The zero-order valence-electron chi connectivity index (χ0n) is 37.8. The molecule has 13 aromatic carbocycles. The summed E-state index contributed by atoms with van der Waals surface area (Å²) in [6, 6.07) is 87.6. The molecular weight excluding hydrogens is 853 g/mol. The van der Waals surface area contributed by atoms with Crippen LogP contribution in [-0.2, 0) is 0 Å². The van der Waals surface area contributed by atoms with Crippen molar-refractivity contribution in [1.82, 2.24) is 0 Å². The Morgan fingerprint density at radius 3 is 1.01 bits per heavy atom. The van der Waals surface area contributed by atoms with Crippen molar-refractivity contribution in [3.05, 3.63) is 243 Å². The number of hydrogen-bond acceptors (Lipinski definition) is 4. The standard InChI is InChI=1S/C66H40N2O2/c1-3-15-45-35-49(27-23-41(45)11-1)67(61-21-9-17-43-13-5-7-19-53(43)61)51-29-33-55-47(37-51)25-31-57-59-39-64-60(40-63(59)69-65(55)57)58-32-26-48-38-52(30-34-56(48)66(58)70-64)68(50-28-24-42-12-2-4-16-46(42)36-50)62-22-10-18-44-14-6-8-20-54(44)62/h1-40H. The molecule has 0 N–H and O–H groups in total. The molecule has 2 aromatic heterocycles. The van der Waals surface area contributed by atoms with E-state index in [1.807, 2.05) is 0 Å². The van der Waals surface area contributed by atoms with Gasteiger partial charge in [0.2, 0.25) is 0 Å². The van der Waals surface area contributed by atoms with Gasteiger partial charge in [0.25, 0.3) is 0 Å². The summed E-state index contributed by atoms with van der Waals surface area (Å²) in [6.07, 6.45) is 0. The van der Waals surface area contributed by atoms with Gasteiger partial charge in [0.1, 0.15) is 22.3 Å². The molecular formula is C66H40N2O2. The first-order valence-corrected chi connectivity index (χ1v) is 23.9. The van der Waals surface area contributed by atoms with Gasteiger partial charge in [0.15, 0.2) is 0 Å². The average Bonchev–Trinajstić information content (AvgIpc) is 3.98. The van der Waals surface area contributed by atoms with Crippen LogP contribution in [0.1, 0.15) is 0 Å². The summed E-state index contributed by atoms with van der Waals surface area (Å²) in [5.74, 6) is 0. The van der Waals surface area contributed by atoms with Crippen LogP contribution in [0, 0.1) is 0 Å². The molecule has 0 saturated heterocycles. The molecule has 2 heterocycles. The fourth-order valence-corrected chi connectivity index (χ4v) is 11.2. The second-order valence-corrected chi connectivity index (χ2v) is 18.5. The van der Waals surface area contributed by atoms with E-state index in [9.17, 15) is 0 Å². The van der Waals surface area contributed by atoms with Gasteiger partial charge in [0.05, 0.1) is 11.4 Å². The lowest BCUT2D eigenvalue weighted by Gasteiger charge is -2.27. The zero-order valence-corrected chi connectivity index (χ0v) is 37.8. The van der Waals surface area contributed by atoms with E-state index in [2.05, 4.69) is 252 Å². The first-order valence-electron chi connectivity index (χ1n) is 23.9. The molecule has 4 heteroatoms. The Morgan fingerprint density at radius 1 is 0.214 bits per heavy atom. The molecule has 0 atom stereocenters. The number of nitrogens with zero attached hydrogens (tertiary/aromatic N) is 2. The van der Waals surface area contributed by atoms with Crippen LogP contribution in [0.25, 0.3) is 109 Å². The highest BCUT2D eigenvalue weighted by atomic mass is 16.3. The van der Waals surface area contributed by atoms with Crippen LogP contribution in [-0.4, -0.2) is 0 Å². The van der Waals surface area contributed by atoms with Crippen molar-refractivity contribution in [3.63, 3.8) is 0 Å². The highest BCUT2D eigenvalue weighted by Crippen LogP contribution is 2.46. The summed E-state index contributed by atoms with van der Waals surface area (Å²) in [6.45, 7) is 0. The first kappa shape index (κ1) is 38.7. The third kappa shape index (κ3) is 5.97. The Morgan fingerprint density at radius 2 is 0.557 bits per heavy atom. The van der Waals surface area contributed by atoms with Crippen LogP contribution in [0.3, 0.4) is 0 Å². The summed E-state index contributed by atoms with van der Waals surface area (Å²) < 4.78 is 13.8. The molecule has 0 saturated carbocycles. The maximum atomic E-state index is 6.88. The molecule has 0 unspecified atom stereocenters. The third-order valence-electron chi connectivity index (χ3n) is 14.5. The molecule has 15 aromatic rings. The Balaban J connectivity index is 0.842. The Labute approximate surface area is 402 Å². The predicted octanol–water partition coefficient (Wildman–Crippen LogP) is 19.3. The normalized spacial score (nSPS) is 12.0. The number of benzene rings is 13. The highest BCUT2D eigenvalue weighted by Gasteiger charge is 2.21. The summed E-state index contributed by atoms with van der Waals surface area (Å²) >= 11 is 0. The molecule has 0 aliphatic heterocycles. The lowest BCUT2D eigenvalue weighted by molar-refractivity contribution is 0.667. The molecule has 0 aliphatic carbocycles. The lowest BCUT2D eigenvalue weighted by Crippen LogP contribution is -2.10. The van der Waals surface area contributed by atoms with Gasteiger partial charge in [-0.25, -0.2) is 0 Å². The Hall–Kier alpha value is -9.38. The van der Waals surface area contributed by atoms with E-state index in [1.54, 1.807) is 0 Å². The molecule has 0 fully saturated rings. The van der Waals surface area contributed by atoms with Gasteiger partial charge < -0.3 is 18.6 Å². The molecule has 4 nitrogen and oxygen atoms in total. The zero-order chi connectivity index (χ0) is 45.9. The van der Waals surface area contributed by atoms with Crippen molar-refractivity contribution >= 4 is 143 Å². The Bertz CT molecular complexity index is 4330. The quantitative estimate of drug-likeness (QED) is 0.166. The van der Waals surface area contributed by atoms with Gasteiger partial charge in [-0.05, 0) is 140 Å².